The summed E-state index contributed by atoms with van der Waals surface area (Å²) in [7, 11) is -4.27. The quantitative estimate of drug-likeness (QED) is 0.344. The number of nitrogens with one attached hydrogen (secondary N) is 2. The van der Waals surface area contributed by atoms with Gasteiger partial charge in [-0.15, -0.1) is 0 Å². The van der Waals surface area contributed by atoms with E-state index < -0.39 is 46.8 Å². The predicted octanol–water partition coefficient (Wildman–Crippen LogP) is 5.20. The van der Waals surface area contributed by atoms with Crippen molar-refractivity contribution in [3.05, 3.63) is 47.2 Å². The molecule has 0 spiro atoms. The van der Waals surface area contributed by atoms with Crippen LogP contribution in [0.25, 0.3) is 10.4 Å². The van der Waals surface area contributed by atoms with E-state index in [0.29, 0.717) is 57.4 Å². The number of benzene rings is 1. The van der Waals surface area contributed by atoms with Gasteiger partial charge in [-0.1, -0.05) is 17.4 Å². The van der Waals surface area contributed by atoms with E-state index in [2.05, 4.69) is 20.0 Å². The van der Waals surface area contributed by atoms with Gasteiger partial charge >= 0.3 is 12.3 Å². The van der Waals surface area contributed by atoms with E-state index in [0.717, 1.165) is 6.92 Å². The number of sulfonamides is 1. The molecule has 2 aliphatic rings. The molecule has 5 rings (SSSR count). The minimum absolute atomic E-state index is 0.174. The second kappa shape index (κ2) is 11.4. The highest BCUT2D eigenvalue weighted by Gasteiger charge is 2.46. The molecular weight excluding hydrogens is 609 g/mol. The van der Waals surface area contributed by atoms with Crippen molar-refractivity contribution < 1.29 is 35.9 Å². The van der Waals surface area contributed by atoms with E-state index in [-0.39, 0.29) is 16.0 Å². The lowest BCUT2D eigenvalue weighted by Gasteiger charge is -2.26. The maximum atomic E-state index is 13.6. The van der Waals surface area contributed by atoms with Gasteiger partial charge in [-0.05, 0) is 69.5 Å². The second-order valence-electron chi connectivity index (χ2n) is 10.5. The van der Waals surface area contributed by atoms with Gasteiger partial charge in [-0.25, -0.2) is 27.9 Å². The van der Waals surface area contributed by atoms with Crippen molar-refractivity contribution >= 4 is 50.1 Å². The number of aryl methyl sites for hydroxylation is 1. The van der Waals surface area contributed by atoms with Gasteiger partial charge in [0.05, 0.1) is 27.6 Å². The summed E-state index contributed by atoms with van der Waals surface area (Å²) >= 11 is 1.18. The Balaban J connectivity index is 1.51. The summed E-state index contributed by atoms with van der Waals surface area (Å²) in [6.45, 7) is 6.20. The van der Waals surface area contributed by atoms with Gasteiger partial charge in [0.1, 0.15) is 17.7 Å². The molecule has 0 radical (unpaired) electrons. The Bertz CT molecular complexity index is 1690. The molecule has 1 aromatic carbocycles. The third kappa shape index (κ3) is 6.17. The number of cyclic esters (lactones) is 1. The molecular formula is C27H29F3N6O5S2. The number of halogens is 3. The Kier molecular flexibility index (Phi) is 8.13. The number of thiazole rings is 1. The molecule has 0 saturated carbocycles. The zero-order chi connectivity index (χ0) is 31.3. The highest BCUT2D eigenvalue weighted by molar-refractivity contribution is 7.89. The first-order valence-corrected chi connectivity index (χ1v) is 15.7. The van der Waals surface area contributed by atoms with E-state index in [1.165, 1.54) is 28.4 Å². The first-order valence-electron chi connectivity index (χ1n) is 13.4. The summed E-state index contributed by atoms with van der Waals surface area (Å²) in [5.74, 6) is -0.198. The van der Waals surface area contributed by atoms with E-state index in [4.69, 9.17) is 4.74 Å². The van der Waals surface area contributed by atoms with Gasteiger partial charge in [0.25, 0.3) is 5.91 Å². The smallest absolute Gasteiger partial charge is 0.415 e. The van der Waals surface area contributed by atoms with Crippen molar-refractivity contribution in [3.8, 4) is 10.4 Å². The molecule has 2 N–H and O–H groups in total. The molecule has 3 aromatic rings. The SMILES string of the molecule is Cc1nc(Nc2cccc(N3CCCOC3=O)n2)sc1-c1cc2c(c(S(=O)(=O)NC(C)C)c1)C(=O)N([C@@H](C)C(F)(F)F)C2. The number of hydrogen-bond donors (Lipinski definition) is 2. The molecule has 16 heteroatoms. The van der Waals surface area contributed by atoms with Gasteiger partial charge in [-0.3, -0.25) is 9.69 Å². The van der Waals surface area contributed by atoms with Crippen LogP contribution < -0.4 is 14.9 Å². The summed E-state index contributed by atoms with van der Waals surface area (Å²) in [5, 5.41) is 3.51. The van der Waals surface area contributed by atoms with Gasteiger partial charge < -0.3 is 15.0 Å². The maximum Gasteiger partial charge on any atom is 0.415 e. The fourth-order valence-corrected chi connectivity index (χ4v) is 7.35. The van der Waals surface area contributed by atoms with Crippen LogP contribution in [0.15, 0.2) is 35.2 Å². The van der Waals surface area contributed by atoms with Crippen LogP contribution in [0, 0.1) is 6.92 Å². The van der Waals surface area contributed by atoms with Crippen LogP contribution >= 0.6 is 11.3 Å². The van der Waals surface area contributed by atoms with Crippen molar-refractivity contribution in [2.75, 3.05) is 23.4 Å². The van der Waals surface area contributed by atoms with Crippen molar-refractivity contribution in [2.45, 2.75) is 63.8 Å². The van der Waals surface area contributed by atoms with Gasteiger partial charge in [0.15, 0.2) is 5.13 Å². The average Bonchev–Trinajstić information content (AvgIpc) is 3.45. The number of pyridine rings is 1. The van der Waals surface area contributed by atoms with Crippen molar-refractivity contribution in [2.24, 2.45) is 0 Å². The standard InChI is InChI=1S/C27H29F3N6O5S2/c1-14(2)34-43(39,40)19-12-17(11-18-13-36(24(37)22(18)19)16(4)27(28,29)30)23-15(3)31-25(42-23)33-20-7-5-8-21(32-20)35-9-6-10-41-26(35)38/h5,7-8,11-12,14,16,34H,6,9-10,13H2,1-4H3,(H,31,32,33)/t16-/m0/s1. The Labute approximate surface area is 250 Å². The lowest BCUT2D eigenvalue weighted by atomic mass is 10.0. The third-order valence-corrected chi connectivity index (χ3v) is 9.70. The zero-order valence-corrected chi connectivity index (χ0v) is 25.3. The normalized spacial score (nSPS) is 16.5. The number of alkyl halides is 3. The molecule has 0 bridgehead atoms. The average molecular weight is 639 g/mol. The molecule has 230 valence electrons. The molecule has 2 aliphatic heterocycles. The number of amides is 2. The number of fused-ring (bicyclic) bond motifs is 1. The van der Waals surface area contributed by atoms with E-state index in [1.54, 1.807) is 39.0 Å². The molecule has 0 aliphatic carbocycles. The topological polar surface area (TPSA) is 134 Å². The number of rotatable bonds is 8. The number of carbonyl (C=O) groups excluding carboxylic acids is 2. The summed E-state index contributed by atoms with van der Waals surface area (Å²) < 4.78 is 74.9. The fraction of sp³-hybridized carbons (Fsp3) is 0.407. The largest absolute Gasteiger partial charge is 0.449 e. The number of hydrogen-bond acceptors (Lipinski definition) is 9. The Hall–Kier alpha value is -3.76. The lowest BCUT2D eigenvalue weighted by molar-refractivity contribution is -0.172. The molecule has 43 heavy (non-hydrogen) atoms. The number of ether oxygens (including phenoxy) is 1. The molecule has 2 amide bonds. The highest BCUT2D eigenvalue weighted by atomic mass is 32.2. The van der Waals surface area contributed by atoms with E-state index in [9.17, 15) is 31.2 Å². The number of carbonyl (C=O) groups is 2. The monoisotopic (exact) mass is 638 g/mol. The molecule has 2 aromatic heterocycles. The third-order valence-electron chi connectivity index (χ3n) is 6.90. The van der Waals surface area contributed by atoms with Gasteiger partial charge in [0.2, 0.25) is 10.0 Å². The van der Waals surface area contributed by atoms with E-state index in [1.807, 2.05) is 0 Å². The Morgan fingerprint density at radius 3 is 2.53 bits per heavy atom. The Morgan fingerprint density at radius 1 is 1.12 bits per heavy atom. The molecule has 4 heterocycles. The maximum absolute atomic E-state index is 13.6. The van der Waals surface area contributed by atoms with Gasteiger partial charge in [-0.2, -0.15) is 13.2 Å². The molecule has 1 saturated heterocycles. The van der Waals surface area contributed by atoms with E-state index >= 15 is 0 Å². The van der Waals surface area contributed by atoms with Gasteiger partial charge in [0, 0.05) is 19.1 Å². The summed E-state index contributed by atoms with van der Waals surface area (Å²) in [4.78, 5) is 36.6. The molecule has 11 nitrogen and oxygen atoms in total. The van der Waals surface area contributed by atoms with Crippen LogP contribution in [-0.4, -0.2) is 66.7 Å². The first-order chi connectivity index (χ1) is 20.2. The molecule has 1 atom stereocenters. The van der Waals surface area contributed by atoms with Crippen LogP contribution in [0.2, 0.25) is 0 Å². The zero-order valence-electron chi connectivity index (χ0n) is 23.7. The number of anilines is 3. The molecule has 1 fully saturated rings. The minimum atomic E-state index is -4.69. The number of aromatic nitrogens is 2. The van der Waals surface area contributed by atoms with Crippen LogP contribution in [0.5, 0.6) is 0 Å². The highest BCUT2D eigenvalue weighted by Crippen LogP contribution is 2.41. The fourth-order valence-electron chi connectivity index (χ4n) is 4.88. The summed E-state index contributed by atoms with van der Waals surface area (Å²) in [6, 6.07) is 5.29. The minimum Gasteiger partial charge on any atom is -0.449 e. The van der Waals surface area contributed by atoms with Crippen molar-refractivity contribution in [1.29, 1.82) is 0 Å². The number of nitrogens with zero attached hydrogens (tertiary/aromatic N) is 4. The second-order valence-corrected chi connectivity index (χ2v) is 13.2. The summed E-state index contributed by atoms with van der Waals surface area (Å²) in [6.07, 6.45) is -4.51. The van der Waals surface area contributed by atoms with Crippen molar-refractivity contribution in [3.63, 3.8) is 0 Å². The predicted molar refractivity (Wildman–Crippen MR) is 154 cm³/mol. The summed E-state index contributed by atoms with van der Waals surface area (Å²) in [5.41, 5.74) is 0.810. The molecule has 0 unspecified atom stereocenters. The van der Waals surface area contributed by atoms with Crippen LogP contribution in [0.1, 0.15) is 48.8 Å². The van der Waals surface area contributed by atoms with Crippen LogP contribution in [0.3, 0.4) is 0 Å². The van der Waals surface area contributed by atoms with Crippen LogP contribution in [0.4, 0.5) is 34.7 Å². The Morgan fingerprint density at radius 2 is 1.86 bits per heavy atom. The lowest BCUT2D eigenvalue weighted by Crippen LogP contribution is -2.43. The van der Waals surface area contributed by atoms with Crippen molar-refractivity contribution in [1.82, 2.24) is 19.6 Å². The first kappa shape index (κ1) is 30.7. The van der Waals surface area contributed by atoms with Crippen LogP contribution in [-0.2, 0) is 21.3 Å².